The smallest absolute Gasteiger partial charge is 0.408 e. The molecule has 162 valence electrons. The van der Waals surface area contributed by atoms with E-state index in [1.165, 1.54) is 0 Å². The number of carbonyl (C=O) groups is 2. The second-order valence-electron chi connectivity index (χ2n) is 8.39. The van der Waals surface area contributed by atoms with Gasteiger partial charge in [0.2, 0.25) is 5.91 Å². The van der Waals surface area contributed by atoms with E-state index in [2.05, 4.69) is 31.9 Å². The van der Waals surface area contributed by atoms with Crippen molar-refractivity contribution in [1.29, 1.82) is 0 Å². The summed E-state index contributed by atoms with van der Waals surface area (Å²) >= 11 is 3.45. The highest BCUT2D eigenvalue weighted by molar-refractivity contribution is 9.10. The van der Waals surface area contributed by atoms with Crippen LogP contribution >= 0.6 is 15.9 Å². The zero-order chi connectivity index (χ0) is 22.3. The zero-order valence-electron chi connectivity index (χ0n) is 18.1. The van der Waals surface area contributed by atoms with Crippen molar-refractivity contribution in [3.63, 3.8) is 0 Å². The van der Waals surface area contributed by atoms with Crippen LogP contribution in [0.1, 0.15) is 40.2 Å². The van der Waals surface area contributed by atoms with E-state index in [1.54, 1.807) is 20.8 Å². The van der Waals surface area contributed by atoms with Gasteiger partial charge in [-0.1, -0.05) is 60.1 Å². The van der Waals surface area contributed by atoms with Crippen LogP contribution in [-0.2, 0) is 16.1 Å². The molecule has 2 amide bonds. The molecule has 0 heterocycles. The van der Waals surface area contributed by atoms with Crippen LogP contribution in [0.25, 0.3) is 0 Å². The quantitative estimate of drug-likeness (QED) is 0.490. The standard InChI is InChI=1S/C23H30BrN3O3/c1-15(2)20(27-22(29)30-23(3,4)5)21(28)26-19-13-17(24)11-12-18(19)25-14-16-9-7-6-8-10-16/h6-13,15,20,25H,14H2,1-5H3,(H,26,28)(H,27,29). The first-order valence-corrected chi connectivity index (χ1v) is 10.7. The van der Waals surface area contributed by atoms with E-state index in [0.717, 1.165) is 15.7 Å². The topological polar surface area (TPSA) is 79.5 Å². The van der Waals surface area contributed by atoms with Crippen molar-refractivity contribution in [3.05, 3.63) is 58.6 Å². The lowest BCUT2D eigenvalue weighted by Gasteiger charge is -2.25. The summed E-state index contributed by atoms with van der Waals surface area (Å²) in [4.78, 5) is 25.1. The van der Waals surface area contributed by atoms with Gasteiger partial charge in [0, 0.05) is 11.0 Å². The molecule has 6 nitrogen and oxygen atoms in total. The Hall–Kier alpha value is -2.54. The number of nitrogens with one attached hydrogen (secondary N) is 3. The van der Waals surface area contributed by atoms with Crippen molar-refractivity contribution in [2.24, 2.45) is 5.92 Å². The van der Waals surface area contributed by atoms with Crippen molar-refractivity contribution in [2.45, 2.75) is 52.8 Å². The molecule has 0 aliphatic rings. The highest BCUT2D eigenvalue weighted by Crippen LogP contribution is 2.27. The molecular weight excluding hydrogens is 446 g/mol. The lowest BCUT2D eigenvalue weighted by molar-refractivity contribution is -0.119. The van der Waals surface area contributed by atoms with Gasteiger partial charge in [-0.25, -0.2) is 4.79 Å². The molecule has 0 saturated carbocycles. The first-order valence-electron chi connectivity index (χ1n) is 9.93. The van der Waals surface area contributed by atoms with Crippen LogP contribution in [-0.4, -0.2) is 23.6 Å². The summed E-state index contributed by atoms with van der Waals surface area (Å²) in [5, 5.41) is 8.97. The summed E-state index contributed by atoms with van der Waals surface area (Å²) in [7, 11) is 0. The molecule has 0 bridgehead atoms. The number of hydrogen-bond acceptors (Lipinski definition) is 4. The zero-order valence-corrected chi connectivity index (χ0v) is 19.7. The Balaban J connectivity index is 2.12. The highest BCUT2D eigenvalue weighted by Gasteiger charge is 2.27. The molecule has 2 aromatic carbocycles. The van der Waals surface area contributed by atoms with Crippen molar-refractivity contribution in [2.75, 3.05) is 10.6 Å². The third-order valence-electron chi connectivity index (χ3n) is 4.19. The second-order valence-corrected chi connectivity index (χ2v) is 9.30. The summed E-state index contributed by atoms with van der Waals surface area (Å²) in [5.74, 6) is -0.429. The van der Waals surface area contributed by atoms with Gasteiger partial charge < -0.3 is 20.7 Å². The molecule has 1 atom stereocenters. The minimum absolute atomic E-state index is 0.120. The van der Waals surface area contributed by atoms with Crippen LogP contribution < -0.4 is 16.0 Å². The number of amides is 2. The molecule has 0 saturated heterocycles. The molecule has 0 aromatic heterocycles. The van der Waals surface area contributed by atoms with Gasteiger partial charge in [0.15, 0.2) is 0 Å². The van der Waals surface area contributed by atoms with Gasteiger partial charge in [-0.05, 0) is 50.5 Å². The Morgan fingerprint density at radius 1 is 1.03 bits per heavy atom. The molecule has 3 N–H and O–H groups in total. The van der Waals surface area contributed by atoms with E-state index >= 15 is 0 Å². The Bertz CT molecular complexity index is 864. The van der Waals surface area contributed by atoms with Crippen LogP contribution in [0, 0.1) is 5.92 Å². The van der Waals surface area contributed by atoms with Gasteiger partial charge in [0.05, 0.1) is 11.4 Å². The predicted octanol–water partition coefficient (Wildman–Crippen LogP) is 5.55. The van der Waals surface area contributed by atoms with Gasteiger partial charge in [0.25, 0.3) is 0 Å². The fraction of sp³-hybridized carbons (Fsp3) is 0.391. The van der Waals surface area contributed by atoms with E-state index in [0.29, 0.717) is 12.2 Å². The monoisotopic (exact) mass is 475 g/mol. The van der Waals surface area contributed by atoms with Crippen LogP contribution in [0.2, 0.25) is 0 Å². The maximum atomic E-state index is 13.0. The molecule has 0 aliphatic carbocycles. The van der Waals surface area contributed by atoms with Gasteiger partial charge in [0.1, 0.15) is 11.6 Å². The van der Waals surface area contributed by atoms with Crippen LogP contribution in [0.15, 0.2) is 53.0 Å². The lowest BCUT2D eigenvalue weighted by Crippen LogP contribution is -2.48. The van der Waals surface area contributed by atoms with Crippen molar-refractivity contribution >= 4 is 39.3 Å². The molecule has 30 heavy (non-hydrogen) atoms. The van der Waals surface area contributed by atoms with E-state index in [9.17, 15) is 9.59 Å². The largest absolute Gasteiger partial charge is 0.444 e. The molecule has 0 radical (unpaired) electrons. The SMILES string of the molecule is CC(C)C(NC(=O)OC(C)(C)C)C(=O)Nc1cc(Br)ccc1NCc1ccccc1. The van der Waals surface area contributed by atoms with Crippen molar-refractivity contribution in [1.82, 2.24) is 5.32 Å². The molecular formula is C23H30BrN3O3. The fourth-order valence-electron chi connectivity index (χ4n) is 2.75. The van der Waals surface area contributed by atoms with Crippen molar-refractivity contribution in [3.8, 4) is 0 Å². The van der Waals surface area contributed by atoms with E-state index < -0.39 is 17.7 Å². The van der Waals surface area contributed by atoms with E-state index in [1.807, 2.05) is 62.4 Å². The van der Waals surface area contributed by atoms with Gasteiger partial charge >= 0.3 is 6.09 Å². The Kier molecular flexibility index (Phi) is 8.29. The number of anilines is 2. The summed E-state index contributed by atoms with van der Waals surface area (Å²) in [6.07, 6.45) is -0.618. The maximum absolute atomic E-state index is 13.0. The number of carbonyl (C=O) groups excluding carboxylic acids is 2. The van der Waals surface area contributed by atoms with Crippen molar-refractivity contribution < 1.29 is 14.3 Å². The van der Waals surface area contributed by atoms with Crippen LogP contribution in [0.4, 0.5) is 16.2 Å². The third-order valence-corrected chi connectivity index (χ3v) is 4.68. The summed E-state index contributed by atoms with van der Waals surface area (Å²) in [6.45, 7) is 9.71. The van der Waals surface area contributed by atoms with E-state index in [4.69, 9.17) is 4.74 Å². The predicted molar refractivity (Wildman–Crippen MR) is 125 cm³/mol. The summed E-state index contributed by atoms with van der Waals surface area (Å²) in [5.41, 5.74) is 1.91. The Morgan fingerprint density at radius 3 is 2.30 bits per heavy atom. The van der Waals surface area contributed by atoms with Gasteiger partial charge in [-0.3, -0.25) is 4.79 Å². The molecule has 7 heteroatoms. The maximum Gasteiger partial charge on any atom is 0.408 e. The molecule has 1 unspecified atom stereocenters. The Labute approximate surface area is 186 Å². The average molecular weight is 476 g/mol. The number of hydrogen-bond donors (Lipinski definition) is 3. The van der Waals surface area contributed by atoms with Crippen LogP contribution in [0.3, 0.4) is 0 Å². The number of rotatable bonds is 7. The highest BCUT2D eigenvalue weighted by atomic mass is 79.9. The molecule has 0 aliphatic heterocycles. The number of alkyl carbamates (subject to hydrolysis) is 1. The summed E-state index contributed by atoms with van der Waals surface area (Å²) in [6, 6.07) is 14.9. The summed E-state index contributed by atoms with van der Waals surface area (Å²) < 4.78 is 6.14. The van der Waals surface area contributed by atoms with Gasteiger partial charge in [-0.2, -0.15) is 0 Å². The number of ether oxygens (including phenoxy) is 1. The normalized spacial score (nSPS) is 12.2. The van der Waals surface area contributed by atoms with Crippen LogP contribution in [0.5, 0.6) is 0 Å². The molecule has 0 spiro atoms. The Morgan fingerprint density at radius 2 is 1.70 bits per heavy atom. The molecule has 0 fully saturated rings. The van der Waals surface area contributed by atoms with E-state index in [-0.39, 0.29) is 11.8 Å². The van der Waals surface area contributed by atoms with Gasteiger partial charge in [-0.15, -0.1) is 0 Å². The minimum atomic E-state index is -0.735. The number of halogens is 1. The first-order chi connectivity index (χ1) is 14.0. The lowest BCUT2D eigenvalue weighted by atomic mass is 10.0. The third kappa shape index (κ3) is 7.71. The second kappa shape index (κ2) is 10.5. The molecule has 2 aromatic rings. The fourth-order valence-corrected chi connectivity index (χ4v) is 3.11. The minimum Gasteiger partial charge on any atom is -0.444 e. The average Bonchev–Trinajstić information content (AvgIpc) is 2.64. The number of benzene rings is 2. The molecule has 2 rings (SSSR count). The first kappa shape index (κ1) is 23.7.